The van der Waals surface area contributed by atoms with E-state index in [4.69, 9.17) is 33.4 Å². The van der Waals surface area contributed by atoms with Crippen LogP contribution in [0.3, 0.4) is 0 Å². The number of aryl methyl sites for hydroxylation is 1. The summed E-state index contributed by atoms with van der Waals surface area (Å²) in [6.07, 6.45) is 6.49. The number of methoxy groups -OCH3 is 1. The summed E-state index contributed by atoms with van der Waals surface area (Å²) < 4.78 is 35.5. The predicted octanol–water partition coefficient (Wildman–Crippen LogP) is 6.39. The number of nitrogens with zero attached hydrogens (tertiary/aromatic N) is 2. The molecule has 0 amide bonds. The Morgan fingerprint density at radius 3 is 2.51 bits per heavy atom. The normalized spacial score (nSPS) is 12.2. The average molecular weight is 643 g/mol. The van der Waals surface area contributed by atoms with E-state index in [-0.39, 0.29) is 38.8 Å². The van der Waals surface area contributed by atoms with E-state index >= 15 is 0 Å². The Hall–Kier alpha value is -5.29. The van der Waals surface area contributed by atoms with Crippen LogP contribution in [0.5, 0.6) is 23.0 Å². The highest BCUT2D eigenvalue weighted by Crippen LogP contribution is 2.39. The number of hydrogen-bond donors (Lipinski definition) is 1. The first-order valence-corrected chi connectivity index (χ1v) is 15.4. The quantitative estimate of drug-likeness (QED) is 0.0635. The van der Waals surface area contributed by atoms with Crippen LogP contribution >= 0.6 is 0 Å². The number of carboxylic acid groups (broad SMARTS) is 1. The lowest BCUT2D eigenvalue weighted by Gasteiger charge is -2.14. The van der Waals surface area contributed by atoms with Crippen molar-refractivity contribution in [3.63, 3.8) is 0 Å². The van der Waals surface area contributed by atoms with Gasteiger partial charge in [-0.2, -0.15) is 0 Å². The maximum Gasteiger partial charge on any atom is 0.336 e. The van der Waals surface area contributed by atoms with Crippen LogP contribution in [0.4, 0.5) is 0 Å². The van der Waals surface area contributed by atoms with Crippen LogP contribution < -0.4 is 18.9 Å². The Morgan fingerprint density at radius 2 is 1.79 bits per heavy atom. The summed E-state index contributed by atoms with van der Waals surface area (Å²) in [4.78, 5) is 29.4. The molecule has 11 heteroatoms. The molecule has 1 N–H and O–H groups in total. The van der Waals surface area contributed by atoms with Gasteiger partial charge in [0.15, 0.2) is 18.3 Å². The van der Waals surface area contributed by atoms with E-state index in [1.54, 1.807) is 56.6 Å². The number of fused-ring (bicyclic) bond motifs is 1. The third-order valence-electron chi connectivity index (χ3n) is 7.54. The standard InChI is InChI=1S/C36H38N2O9/c1-4-6-11-34-37-20-28(17-26(36(41)44-5-2)16-25-18-32-33(47-23-46-32)19-31(25)42-3)38(34)27-12-14-29(15-13-27)45-22-43-21-24-9-7-8-10-30(24)35(39)40/h7-10,12-15,17-20H,4-6,11,16,21-23H2,1-3H3,(H,39,40)/b26-17+. The van der Waals surface area contributed by atoms with Gasteiger partial charge in [0.2, 0.25) is 6.79 Å². The number of carboxylic acids is 1. The van der Waals surface area contributed by atoms with Crippen LogP contribution in [0.25, 0.3) is 11.8 Å². The first-order valence-electron chi connectivity index (χ1n) is 15.4. The van der Waals surface area contributed by atoms with Gasteiger partial charge in [0.05, 0.1) is 37.8 Å². The number of esters is 1. The number of carbonyl (C=O) groups is 2. The summed E-state index contributed by atoms with van der Waals surface area (Å²) in [6, 6.07) is 17.8. The van der Waals surface area contributed by atoms with E-state index in [2.05, 4.69) is 6.92 Å². The lowest BCUT2D eigenvalue weighted by molar-refractivity contribution is -0.138. The number of aromatic nitrogens is 2. The summed E-state index contributed by atoms with van der Waals surface area (Å²) in [7, 11) is 1.57. The third kappa shape index (κ3) is 8.11. The van der Waals surface area contributed by atoms with Crippen LogP contribution in [0.1, 0.15) is 59.7 Å². The molecule has 0 radical (unpaired) electrons. The van der Waals surface area contributed by atoms with Gasteiger partial charge in [0, 0.05) is 35.7 Å². The SMILES string of the molecule is CCCCc1ncc(/C=C(\Cc2cc3c(cc2OC)OCO3)C(=O)OCC)n1-c1ccc(OCOCc2ccccc2C(=O)O)cc1. The Bertz CT molecular complexity index is 1730. The Kier molecular flexibility index (Phi) is 11.1. The molecule has 1 aromatic heterocycles. The van der Waals surface area contributed by atoms with E-state index in [1.807, 2.05) is 34.9 Å². The van der Waals surface area contributed by atoms with Gasteiger partial charge in [-0.1, -0.05) is 31.5 Å². The minimum atomic E-state index is -1.00. The summed E-state index contributed by atoms with van der Waals surface area (Å²) in [5.74, 6) is 1.75. The van der Waals surface area contributed by atoms with Crippen molar-refractivity contribution in [2.24, 2.45) is 0 Å². The molecule has 1 aliphatic rings. The van der Waals surface area contributed by atoms with Crippen LogP contribution in [0.15, 0.2) is 72.4 Å². The van der Waals surface area contributed by atoms with Gasteiger partial charge in [0.1, 0.15) is 17.3 Å². The lowest BCUT2D eigenvalue weighted by Crippen LogP contribution is -2.11. The van der Waals surface area contributed by atoms with E-state index in [0.717, 1.165) is 36.3 Å². The first-order chi connectivity index (χ1) is 22.9. The second-order valence-electron chi connectivity index (χ2n) is 10.7. The minimum absolute atomic E-state index is 0.0552. The monoisotopic (exact) mass is 642 g/mol. The number of rotatable bonds is 16. The van der Waals surface area contributed by atoms with E-state index in [0.29, 0.717) is 39.8 Å². The highest BCUT2D eigenvalue weighted by atomic mass is 16.7. The lowest BCUT2D eigenvalue weighted by atomic mass is 10.0. The zero-order valence-corrected chi connectivity index (χ0v) is 26.7. The maximum atomic E-state index is 13.2. The summed E-state index contributed by atoms with van der Waals surface area (Å²) in [5.41, 5.74) is 3.50. The van der Waals surface area contributed by atoms with Crippen LogP contribution in [-0.2, 0) is 33.7 Å². The smallest absolute Gasteiger partial charge is 0.336 e. The Labute approximate surface area is 273 Å². The van der Waals surface area contributed by atoms with Gasteiger partial charge in [-0.05, 0) is 61.4 Å². The molecule has 0 saturated carbocycles. The molecular weight excluding hydrogens is 604 g/mol. The first kappa shape index (κ1) is 33.1. The van der Waals surface area contributed by atoms with Crippen molar-refractivity contribution < 1.29 is 43.1 Å². The number of unbranched alkanes of at least 4 members (excludes halogenated alkanes) is 1. The molecule has 47 heavy (non-hydrogen) atoms. The number of imidazole rings is 1. The fourth-order valence-electron chi connectivity index (χ4n) is 5.21. The van der Waals surface area contributed by atoms with Gasteiger partial charge in [-0.25, -0.2) is 14.6 Å². The third-order valence-corrected chi connectivity index (χ3v) is 7.54. The summed E-state index contributed by atoms with van der Waals surface area (Å²) in [5, 5.41) is 9.38. The number of hydrogen-bond acceptors (Lipinski definition) is 9. The van der Waals surface area contributed by atoms with Crippen molar-refractivity contribution in [1.29, 1.82) is 0 Å². The molecule has 2 heterocycles. The van der Waals surface area contributed by atoms with Gasteiger partial charge in [0.25, 0.3) is 0 Å². The van der Waals surface area contributed by atoms with E-state index < -0.39 is 11.9 Å². The molecule has 1 aliphatic heterocycles. The molecule has 3 aromatic carbocycles. The fraction of sp³-hybridized carbons (Fsp3) is 0.306. The molecule has 11 nitrogen and oxygen atoms in total. The zero-order chi connectivity index (χ0) is 33.2. The van der Waals surface area contributed by atoms with Crippen molar-refractivity contribution in [1.82, 2.24) is 9.55 Å². The second-order valence-corrected chi connectivity index (χ2v) is 10.7. The van der Waals surface area contributed by atoms with Crippen molar-refractivity contribution in [3.8, 4) is 28.7 Å². The molecule has 5 rings (SSSR count). The maximum absolute atomic E-state index is 13.2. The molecule has 0 aliphatic carbocycles. The van der Waals surface area contributed by atoms with Gasteiger partial charge < -0.3 is 33.5 Å². The number of aromatic carboxylic acids is 1. The highest BCUT2D eigenvalue weighted by molar-refractivity contribution is 5.94. The number of ether oxygens (including phenoxy) is 6. The second kappa shape index (κ2) is 15.8. The van der Waals surface area contributed by atoms with Crippen molar-refractivity contribution in [2.75, 3.05) is 27.3 Å². The Morgan fingerprint density at radius 1 is 1.02 bits per heavy atom. The average Bonchev–Trinajstić information content (AvgIpc) is 3.71. The molecule has 0 atom stereocenters. The largest absolute Gasteiger partial charge is 0.496 e. The molecule has 0 saturated heterocycles. The van der Waals surface area contributed by atoms with Gasteiger partial charge in [-0.15, -0.1) is 0 Å². The van der Waals surface area contributed by atoms with Crippen molar-refractivity contribution in [2.45, 2.75) is 46.1 Å². The van der Waals surface area contributed by atoms with Crippen LogP contribution in [0.2, 0.25) is 0 Å². The van der Waals surface area contributed by atoms with E-state index in [1.165, 1.54) is 0 Å². The van der Waals surface area contributed by atoms with Crippen molar-refractivity contribution in [3.05, 3.63) is 101 Å². The highest BCUT2D eigenvalue weighted by Gasteiger charge is 2.22. The molecule has 4 aromatic rings. The molecular formula is C36H38N2O9. The number of benzene rings is 3. The molecule has 0 spiro atoms. The molecule has 0 fully saturated rings. The number of carbonyl (C=O) groups excluding carboxylic acids is 1. The zero-order valence-electron chi connectivity index (χ0n) is 26.7. The van der Waals surface area contributed by atoms with Crippen LogP contribution in [-0.4, -0.2) is 53.9 Å². The molecule has 246 valence electrons. The minimum Gasteiger partial charge on any atom is -0.496 e. The predicted molar refractivity (Wildman–Crippen MR) is 173 cm³/mol. The summed E-state index contributed by atoms with van der Waals surface area (Å²) in [6.45, 7) is 4.30. The van der Waals surface area contributed by atoms with Gasteiger partial charge in [-0.3, -0.25) is 4.57 Å². The topological polar surface area (TPSA) is 128 Å². The van der Waals surface area contributed by atoms with Gasteiger partial charge >= 0.3 is 11.9 Å². The molecule has 0 bridgehead atoms. The fourth-order valence-corrected chi connectivity index (χ4v) is 5.21. The summed E-state index contributed by atoms with van der Waals surface area (Å²) >= 11 is 0. The van der Waals surface area contributed by atoms with Crippen molar-refractivity contribution >= 4 is 18.0 Å². The Balaban J connectivity index is 1.38. The van der Waals surface area contributed by atoms with Crippen LogP contribution in [0, 0.1) is 0 Å². The van der Waals surface area contributed by atoms with E-state index in [9.17, 15) is 14.7 Å². The molecule has 0 unspecified atom stereocenters.